The Balaban J connectivity index is 2.14. The summed E-state index contributed by atoms with van der Waals surface area (Å²) < 4.78 is 6.37. The first-order valence-corrected chi connectivity index (χ1v) is 8.62. The average molecular weight is 394 g/mol. The molecule has 2 aromatic carbocycles. The Morgan fingerprint density at radius 2 is 1.84 bits per heavy atom. The average Bonchev–Trinajstić information content (AvgIpc) is 2.62. The molecule has 0 radical (unpaired) electrons. The summed E-state index contributed by atoms with van der Waals surface area (Å²) in [7, 11) is 0. The minimum absolute atomic E-state index is 0.222. The number of pyridine rings is 1. The Labute approximate surface area is 155 Å². The van der Waals surface area contributed by atoms with Crippen molar-refractivity contribution < 1.29 is 4.74 Å². The zero-order valence-corrected chi connectivity index (χ0v) is 15.2. The fourth-order valence-electron chi connectivity index (χ4n) is 2.61. The van der Waals surface area contributed by atoms with Crippen molar-refractivity contribution in [2.24, 2.45) is 0 Å². The second-order valence-corrected chi connectivity index (χ2v) is 6.22. The molecule has 0 amide bonds. The summed E-state index contributed by atoms with van der Waals surface area (Å²) in [5.41, 5.74) is 9.72. The molecule has 4 nitrogen and oxygen atoms in total. The molecule has 0 saturated carbocycles. The van der Waals surface area contributed by atoms with Gasteiger partial charge < -0.3 is 10.5 Å². The van der Waals surface area contributed by atoms with Crippen LogP contribution in [0, 0.1) is 11.3 Å². The second-order valence-electron chi connectivity index (χ2n) is 5.36. The molecule has 1 heterocycles. The van der Waals surface area contributed by atoms with Crippen LogP contribution in [0.5, 0.6) is 5.75 Å². The van der Waals surface area contributed by atoms with E-state index in [1.807, 2.05) is 61.5 Å². The fourth-order valence-corrected chi connectivity index (χ4v) is 3.11. The van der Waals surface area contributed by atoms with Gasteiger partial charge in [-0.15, -0.1) is 0 Å². The van der Waals surface area contributed by atoms with E-state index in [1.165, 1.54) is 0 Å². The van der Waals surface area contributed by atoms with Gasteiger partial charge in [-0.1, -0.05) is 34.1 Å². The number of rotatable bonds is 4. The number of benzene rings is 2. The standard InChI is InChI=1S/C20H16BrN3O/c1-2-25-14-9-7-13(8-10-14)19-11-16(17(12-22)20(23)24-19)15-5-3-4-6-18(15)21/h3-11H,2H2,1H3,(H2,23,24). The van der Waals surface area contributed by atoms with Crippen LogP contribution in [0.25, 0.3) is 22.4 Å². The second kappa shape index (κ2) is 7.37. The minimum Gasteiger partial charge on any atom is -0.494 e. The molecular formula is C20H16BrN3O. The van der Waals surface area contributed by atoms with Crippen LogP contribution in [0.2, 0.25) is 0 Å². The van der Waals surface area contributed by atoms with E-state index in [4.69, 9.17) is 10.5 Å². The van der Waals surface area contributed by atoms with Gasteiger partial charge in [-0.25, -0.2) is 4.98 Å². The first kappa shape index (κ1) is 17.0. The number of hydrogen-bond acceptors (Lipinski definition) is 4. The minimum atomic E-state index is 0.222. The first-order chi connectivity index (χ1) is 12.1. The van der Waals surface area contributed by atoms with E-state index in [1.54, 1.807) is 0 Å². The number of aromatic nitrogens is 1. The highest BCUT2D eigenvalue weighted by molar-refractivity contribution is 9.10. The molecule has 0 aliphatic heterocycles. The number of hydrogen-bond donors (Lipinski definition) is 1. The lowest BCUT2D eigenvalue weighted by atomic mass is 9.98. The maximum Gasteiger partial charge on any atom is 0.142 e. The van der Waals surface area contributed by atoms with E-state index in [2.05, 4.69) is 27.0 Å². The monoisotopic (exact) mass is 393 g/mol. The molecule has 3 rings (SSSR count). The topological polar surface area (TPSA) is 71.9 Å². The number of nitrogens with zero attached hydrogens (tertiary/aromatic N) is 2. The van der Waals surface area contributed by atoms with Gasteiger partial charge in [-0.2, -0.15) is 5.26 Å². The van der Waals surface area contributed by atoms with Crippen LogP contribution in [0.3, 0.4) is 0 Å². The van der Waals surface area contributed by atoms with Gasteiger partial charge >= 0.3 is 0 Å². The van der Waals surface area contributed by atoms with Gasteiger partial charge in [0.1, 0.15) is 23.2 Å². The maximum atomic E-state index is 9.51. The molecule has 0 bridgehead atoms. The van der Waals surface area contributed by atoms with Gasteiger partial charge in [-0.05, 0) is 48.9 Å². The van der Waals surface area contributed by atoms with Crippen molar-refractivity contribution in [2.45, 2.75) is 6.92 Å². The van der Waals surface area contributed by atoms with Crippen molar-refractivity contribution in [1.82, 2.24) is 4.98 Å². The smallest absolute Gasteiger partial charge is 0.142 e. The molecule has 3 aromatic rings. The van der Waals surface area contributed by atoms with Crippen LogP contribution >= 0.6 is 15.9 Å². The molecule has 2 N–H and O–H groups in total. The predicted octanol–water partition coefficient (Wildman–Crippen LogP) is 5.03. The Morgan fingerprint density at radius 1 is 1.12 bits per heavy atom. The van der Waals surface area contributed by atoms with Gasteiger partial charge in [0.25, 0.3) is 0 Å². The maximum absolute atomic E-state index is 9.51. The Bertz CT molecular complexity index is 946. The molecule has 0 aliphatic carbocycles. The van der Waals surface area contributed by atoms with Crippen molar-refractivity contribution in [3.63, 3.8) is 0 Å². The highest BCUT2D eigenvalue weighted by Gasteiger charge is 2.15. The van der Waals surface area contributed by atoms with Crippen molar-refractivity contribution >= 4 is 21.7 Å². The summed E-state index contributed by atoms with van der Waals surface area (Å²) in [6.45, 7) is 2.56. The van der Waals surface area contributed by atoms with Gasteiger partial charge in [0.2, 0.25) is 0 Å². The third-order valence-electron chi connectivity index (χ3n) is 3.78. The van der Waals surface area contributed by atoms with Gasteiger partial charge in [0.05, 0.1) is 12.3 Å². The molecule has 0 atom stereocenters. The van der Waals surface area contributed by atoms with Crippen molar-refractivity contribution in [3.05, 3.63) is 64.6 Å². The molecule has 25 heavy (non-hydrogen) atoms. The van der Waals surface area contributed by atoms with Crippen LogP contribution in [0.4, 0.5) is 5.82 Å². The number of anilines is 1. The molecule has 124 valence electrons. The van der Waals surface area contributed by atoms with Crippen molar-refractivity contribution in [2.75, 3.05) is 12.3 Å². The number of halogens is 1. The van der Waals surface area contributed by atoms with E-state index in [0.29, 0.717) is 17.9 Å². The van der Waals surface area contributed by atoms with E-state index in [-0.39, 0.29) is 5.82 Å². The van der Waals surface area contributed by atoms with Gasteiger partial charge in [0, 0.05) is 15.6 Å². The van der Waals surface area contributed by atoms with Crippen LogP contribution < -0.4 is 10.5 Å². The van der Waals surface area contributed by atoms with E-state index >= 15 is 0 Å². The van der Waals surface area contributed by atoms with Crippen LogP contribution in [0.1, 0.15) is 12.5 Å². The molecule has 0 spiro atoms. The van der Waals surface area contributed by atoms with E-state index < -0.39 is 0 Å². The summed E-state index contributed by atoms with van der Waals surface area (Å²) in [5, 5.41) is 9.51. The molecule has 0 fully saturated rings. The summed E-state index contributed by atoms with van der Waals surface area (Å²) in [6, 6.07) is 19.5. The lowest BCUT2D eigenvalue weighted by molar-refractivity contribution is 0.340. The SMILES string of the molecule is CCOc1ccc(-c2cc(-c3ccccc3Br)c(C#N)c(N)n2)cc1. The largest absolute Gasteiger partial charge is 0.494 e. The van der Waals surface area contributed by atoms with E-state index in [0.717, 1.165) is 26.9 Å². The number of nitriles is 1. The third kappa shape index (κ3) is 3.49. The summed E-state index contributed by atoms with van der Waals surface area (Å²) in [4.78, 5) is 4.40. The molecule has 0 aliphatic rings. The van der Waals surface area contributed by atoms with Crippen molar-refractivity contribution in [3.8, 4) is 34.2 Å². The van der Waals surface area contributed by atoms with Gasteiger partial charge in [0.15, 0.2) is 0 Å². The highest BCUT2D eigenvalue weighted by Crippen LogP contribution is 2.35. The van der Waals surface area contributed by atoms with E-state index in [9.17, 15) is 5.26 Å². The zero-order chi connectivity index (χ0) is 17.8. The molecule has 1 aromatic heterocycles. The number of ether oxygens (including phenoxy) is 1. The third-order valence-corrected chi connectivity index (χ3v) is 4.48. The molecular weight excluding hydrogens is 378 g/mol. The fraction of sp³-hybridized carbons (Fsp3) is 0.100. The Hall–Kier alpha value is -2.84. The van der Waals surface area contributed by atoms with Crippen molar-refractivity contribution in [1.29, 1.82) is 5.26 Å². The Kier molecular flexibility index (Phi) is 5.01. The summed E-state index contributed by atoms with van der Waals surface area (Å²) >= 11 is 3.54. The predicted molar refractivity (Wildman–Crippen MR) is 103 cm³/mol. The lowest BCUT2D eigenvalue weighted by Gasteiger charge is -2.12. The summed E-state index contributed by atoms with van der Waals surface area (Å²) in [5.74, 6) is 1.03. The lowest BCUT2D eigenvalue weighted by Crippen LogP contribution is -2.00. The van der Waals surface area contributed by atoms with Gasteiger partial charge in [-0.3, -0.25) is 0 Å². The zero-order valence-electron chi connectivity index (χ0n) is 13.7. The molecule has 5 heteroatoms. The highest BCUT2D eigenvalue weighted by atomic mass is 79.9. The van der Waals surface area contributed by atoms with Crippen LogP contribution in [0.15, 0.2) is 59.1 Å². The number of nitrogen functional groups attached to an aromatic ring is 1. The first-order valence-electron chi connectivity index (χ1n) is 7.82. The molecule has 0 unspecified atom stereocenters. The van der Waals surface area contributed by atoms with Crippen LogP contribution in [-0.2, 0) is 0 Å². The van der Waals surface area contributed by atoms with Crippen LogP contribution in [-0.4, -0.2) is 11.6 Å². The number of nitrogens with two attached hydrogens (primary N) is 1. The normalized spacial score (nSPS) is 10.3. The summed E-state index contributed by atoms with van der Waals surface area (Å²) in [6.07, 6.45) is 0. The quantitative estimate of drug-likeness (QED) is 0.674. The molecule has 0 saturated heterocycles. The Morgan fingerprint density at radius 3 is 2.48 bits per heavy atom.